The maximum atomic E-state index is 12.9. The molecular weight excluding hydrogens is 304 g/mol. The van der Waals surface area contributed by atoms with Crippen LogP contribution in [-0.2, 0) is 0 Å². The summed E-state index contributed by atoms with van der Waals surface area (Å²) in [4.78, 5) is 23.8. The molecule has 0 radical (unpaired) electrons. The van der Waals surface area contributed by atoms with Crippen LogP contribution >= 0.6 is 0 Å². The van der Waals surface area contributed by atoms with Crippen molar-refractivity contribution in [2.45, 2.75) is 32.3 Å². The quantitative estimate of drug-likeness (QED) is 0.898. The van der Waals surface area contributed by atoms with E-state index in [0.29, 0.717) is 6.54 Å². The predicted molar refractivity (Wildman–Crippen MR) is 94.3 cm³/mol. The number of rotatable bonds is 4. The van der Waals surface area contributed by atoms with Gasteiger partial charge in [-0.2, -0.15) is 0 Å². The van der Waals surface area contributed by atoms with E-state index in [2.05, 4.69) is 14.8 Å². The van der Waals surface area contributed by atoms with Crippen molar-refractivity contribution in [2.75, 3.05) is 50.7 Å². The lowest BCUT2D eigenvalue weighted by Crippen LogP contribution is -2.49. The first kappa shape index (κ1) is 17.2. The van der Waals surface area contributed by atoms with Gasteiger partial charge in [-0.25, -0.2) is 4.98 Å². The number of anilines is 1. The van der Waals surface area contributed by atoms with Crippen LogP contribution in [0, 0.1) is 0 Å². The summed E-state index contributed by atoms with van der Waals surface area (Å²) in [6.45, 7) is 7.69. The first-order valence-electron chi connectivity index (χ1n) is 9.05. The zero-order valence-electron chi connectivity index (χ0n) is 14.5. The molecule has 6 nitrogen and oxygen atoms in total. The van der Waals surface area contributed by atoms with Crippen molar-refractivity contribution in [3.63, 3.8) is 0 Å². The third-order valence-corrected chi connectivity index (χ3v) is 4.85. The number of aliphatic hydroxyl groups is 1. The topological polar surface area (TPSA) is 59.9 Å². The highest BCUT2D eigenvalue weighted by Crippen LogP contribution is 2.22. The minimum atomic E-state index is -0.303. The molecule has 0 unspecified atom stereocenters. The molecule has 0 bridgehead atoms. The van der Waals surface area contributed by atoms with Gasteiger partial charge < -0.3 is 14.9 Å². The summed E-state index contributed by atoms with van der Waals surface area (Å²) in [5, 5.41) is 9.53. The Balaban J connectivity index is 1.69. The van der Waals surface area contributed by atoms with E-state index >= 15 is 0 Å². The van der Waals surface area contributed by atoms with E-state index in [9.17, 15) is 9.90 Å². The number of hydrogen-bond donors (Lipinski definition) is 1. The summed E-state index contributed by atoms with van der Waals surface area (Å²) in [7, 11) is 0. The van der Waals surface area contributed by atoms with Crippen molar-refractivity contribution < 1.29 is 9.90 Å². The zero-order valence-corrected chi connectivity index (χ0v) is 14.5. The molecule has 3 heterocycles. The monoisotopic (exact) mass is 332 g/mol. The summed E-state index contributed by atoms with van der Waals surface area (Å²) < 4.78 is 0. The molecule has 3 rings (SSSR count). The van der Waals surface area contributed by atoms with Gasteiger partial charge in [-0.1, -0.05) is 0 Å². The lowest BCUT2D eigenvalue weighted by atomic mass is 10.1. The minimum absolute atomic E-state index is 0.115. The van der Waals surface area contributed by atoms with Crippen molar-refractivity contribution in [3.05, 3.63) is 23.9 Å². The van der Waals surface area contributed by atoms with Crippen LogP contribution in [-0.4, -0.2) is 77.7 Å². The second kappa shape index (κ2) is 7.94. The van der Waals surface area contributed by atoms with Crippen LogP contribution in [0.4, 0.5) is 5.82 Å². The molecule has 1 N–H and O–H groups in total. The predicted octanol–water partition coefficient (Wildman–Crippen LogP) is 1.21. The smallest absolute Gasteiger partial charge is 0.257 e. The Bertz CT molecular complexity index is 550. The molecule has 0 saturated carbocycles. The number of likely N-dealkylation sites (tertiary alicyclic amines) is 1. The zero-order chi connectivity index (χ0) is 16.9. The van der Waals surface area contributed by atoms with Crippen LogP contribution in [0.15, 0.2) is 18.3 Å². The van der Waals surface area contributed by atoms with Crippen LogP contribution in [0.5, 0.6) is 0 Å². The van der Waals surface area contributed by atoms with Gasteiger partial charge in [0.05, 0.1) is 11.7 Å². The van der Waals surface area contributed by atoms with E-state index in [1.165, 1.54) is 6.42 Å². The summed E-state index contributed by atoms with van der Waals surface area (Å²) in [6, 6.07) is 3.76. The van der Waals surface area contributed by atoms with Gasteiger partial charge in [-0.15, -0.1) is 0 Å². The molecule has 132 valence electrons. The molecule has 6 heteroatoms. The van der Waals surface area contributed by atoms with E-state index in [-0.39, 0.29) is 12.0 Å². The number of carbonyl (C=O) groups is 1. The Morgan fingerprint density at radius 1 is 1.17 bits per heavy atom. The molecule has 24 heavy (non-hydrogen) atoms. The van der Waals surface area contributed by atoms with Crippen LogP contribution in [0.2, 0.25) is 0 Å². The molecular formula is C18H28N4O2. The number of amides is 1. The van der Waals surface area contributed by atoms with Gasteiger partial charge in [0.15, 0.2) is 0 Å². The Morgan fingerprint density at radius 3 is 2.54 bits per heavy atom. The number of hydrogen-bond acceptors (Lipinski definition) is 5. The molecule has 0 aliphatic carbocycles. The van der Waals surface area contributed by atoms with Crippen LogP contribution < -0.4 is 4.90 Å². The number of nitrogens with zero attached hydrogens (tertiary/aromatic N) is 4. The lowest BCUT2D eigenvalue weighted by molar-refractivity contribution is 0.0724. The van der Waals surface area contributed by atoms with Crippen molar-refractivity contribution in [2.24, 2.45) is 0 Å². The van der Waals surface area contributed by atoms with Crippen molar-refractivity contribution in [1.82, 2.24) is 14.8 Å². The number of aliphatic hydroxyl groups excluding tert-OH is 1. The van der Waals surface area contributed by atoms with Gasteiger partial charge in [0.25, 0.3) is 5.91 Å². The molecule has 2 aliphatic rings. The summed E-state index contributed by atoms with van der Waals surface area (Å²) in [5.74, 6) is 0.925. The molecule has 1 aromatic rings. The molecule has 2 saturated heterocycles. The normalized spacial score (nSPS) is 20.9. The largest absolute Gasteiger partial charge is 0.392 e. The maximum absolute atomic E-state index is 12.9. The second-order valence-corrected chi connectivity index (χ2v) is 6.86. The minimum Gasteiger partial charge on any atom is -0.392 e. The van der Waals surface area contributed by atoms with E-state index in [0.717, 1.165) is 63.5 Å². The fourth-order valence-electron chi connectivity index (χ4n) is 3.60. The molecule has 1 amide bonds. The van der Waals surface area contributed by atoms with E-state index in [4.69, 9.17) is 0 Å². The highest BCUT2D eigenvalue weighted by Gasteiger charge is 2.26. The Labute approximate surface area is 144 Å². The maximum Gasteiger partial charge on any atom is 0.257 e. The number of pyridine rings is 1. The summed E-state index contributed by atoms with van der Waals surface area (Å²) in [5.41, 5.74) is 0.725. The third-order valence-electron chi connectivity index (χ3n) is 4.85. The van der Waals surface area contributed by atoms with Gasteiger partial charge in [0, 0.05) is 52.0 Å². The number of piperidine rings is 1. The highest BCUT2D eigenvalue weighted by atomic mass is 16.3. The van der Waals surface area contributed by atoms with Crippen molar-refractivity contribution in [1.29, 1.82) is 0 Å². The van der Waals surface area contributed by atoms with E-state index in [1.807, 2.05) is 24.0 Å². The number of β-amino-alcohol motifs (C(OH)–C–C–N with tert-alkyl or cyclic N) is 1. The van der Waals surface area contributed by atoms with Crippen LogP contribution in [0.3, 0.4) is 0 Å². The van der Waals surface area contributed by atoms with Gasteiger partial charge in [0.1, 0.15) is 5.82 Å². The molecule has 2 aliphatic heterocycles. The van der Waals surface area contributed by atoms with Gasteiger partial charge in [0.2, 0.25) is 0 Å². The van der Waals surface area contributed by atoms with E-state index < -0.39 is 0 Å². The van der Waals surface area contributed by atoms with Gasteiger partial charge in [-0.05, 0) is 38.3 Å². The Hall–Kier alpha value is -1.66. The summed E-state index contributed by atoms with van der Waals surface area (Å²) >= 11 is 0. The average Bonchev–Trinajstić information content (AvgIpc) is 2.62. The van der Waals surface area contributed by atoms with Crippen molar-refractivity contribution >= 4 is 11.7 Å². The van der Waals surface area contributed by atoms with Crippen LogP contribution in [0.1, 0.15) is 36.5 Å². The second-order valence-electron chi connectivity index (χ2n) is 6.86. The molecule has 0 spiro atoms. The first-order chi connectivity index (χ1) is 11.6. The fraction of sp³-hybridized carbons (Fsp3) is 0.667. The molecule has 2 fully saturated rings. The van der Waals surface area contributed by atoms with Gasteiger partial charge in [-0.3, -0.25) is 9.69 Å². The van der Waals surface area contributed by atoms with Gasteiger partial charge >= 0.3 is 0 Å². The number of aromatic nitrogens is 1. The van der Waals surface area contributed by atoms with Crippen molar-refractivity contribution in [3.8, 4) is 0 Å². The molecule has 0 aromatic carbocycles. The summed E-state index contributed by atoms with van der Waals surface area (Å²) in [6.07, 6.45) is 4.88. The van der Waals surface area contributed by atoms with Crippen LogP contribution in [0.25, 0.3) is 0 Å². The highest BCUT2D eigenvalue weighted by molar-refractivity contribution is 5.99. The number of carbonyl (C=O) groups excluding carboxylic acids is 1. The SMILES string of the molecule is C[C@@H](O)CN1CCN(c2ncccc2C(=O)N2CCCCC2)CC1. The molecule has 1 atom stereocenters. The average molecular weight is 332 g/mol. The number of piperazine rings is 1. The lowest BCUT2D eigenvalue weighted by Gasteiger charge is -2.37. The standard InChI is InChI=1S/C18H28N4O2/c1-15(23)14-20-10-12-21(13-11-20)17-16(6-5-7-19-17)18(24)22-8-3-2-4-9-22/h5-7,15,23H,2-4,8-14H2,1H3/t15-/m1/s1. The molecule has 1 aromatic heterocycles. The fourth-order valence-corrected chi connectivity index (χ4v) is 3.60. The Morgan fingerprint density at radius 2 is 1.88 bits per heavy atom. The Kier molecular flexibility index (Phi) is 5.68. The van der Waals surface area contributed by atoms with E-state index in [1.54, 1.807) is 6.20 Å². The third kappa shape index (κ3) is 4.05. The first-order valence-corrected chi connectivity index (χ1v) is 9.05.